The Morgan fingerprint density at radius 1 is 1.40 bits per heavy atom. The van der Waals surface area contributed by atoms with Crippen LogP contribution in [0.3, 0.4) is 0 Å². The summed E-state index contributed by atoms with van der Waals surface area (Å²) >= 11 is 0. The summed E-state index contributed by atoms with van der Waals surface area (Å²) in [6.07, 6.45) is 3.23. The first-order chi connectivity index (χ1) is 4.77. The van der Waals surface area contributed by atoms with Crippen molar-refractivity contribution in [1.29, 1.82) is 0 Å². The third kappa shape index (κ3) is 0.543. The van der Waals surface area contributed by atoms with E-state index in [0.29, 0.717) is 17.8 Å². The Kier molecular flexibility index (Phi) is 0.845. The molecular formula is C7H4O3. The SMILES string of the molecule is O=C1C=C2C(=O)CC=C2O1. The molecule has 0 saturated carbocycles. The second-order valence-corrected chi connectivity index (χ2v) is 2.17. The smallest absolute Gasteiger partial charge is 0.337 e. The van der Waals surface area contributed by atoms with Crippen molar-refractivity contribution < 1.29 is 14.3 Å². The summed E-state index contributed by atoms with van der Waals surface area (Å²) in [6.45, 7) is 0. The maximum Gasteiger partial charge on any atom is 0.337 e. The highest BCUT2D eigenvalue weighted by molar-refractivity contribution is 6.10. The van der Waals surface area contributed by atoms with Crippen molar-refractivity contribution >= 4 is 11.8 Å². The highest BCUT2D eigenvalue weighted by atomic mass is 16.5. The molecule has 2 rings (SSSR count). The molecule has 0 radical (unpaired) electrons. The first-order valence-corrected chi connectivity index (χ1v) is 2.94. The number of hydrogen-bond donors (Lipinski definition) is 0. The van der Waals surface area contributed by atoms with E-state index in [1.807, 2.05) is 0 Å². The molecule has 3 heteroatoms. The summed E-state index contributed by atoms with van der Waals surface area (Å²) in [4.78, 5) is 21.4. The van der Waals surface area contributed by atoms with Crippen molar-refractivity contribution in [1.82, 2.24) is 0 Å². The lowest BCUT2D eigenvalue weighted by Gasteiger charge is -1.90. The monoisotopic (exact) mass is 136 g/mol. The Hall–Kier alpha value is -1.38. The van der Waals surface area contributed by atoms with E-state index in [9.17, 15) is 9.59 Å². The molecule has 0 spiro atoms. The van der Waals surface area contributed by atoms with Crippen LogP contribution in [-0.4, -0.2) is 11.8 Å². The molecule has 2 aliphatic rings. The number of ether oxygens (including phenoxy) is 1. The van der Waals surface area contributed by atoms with E-state index in [2.05, 4.69) is 4.74 Å². The summed E-state index contributed by atoms with van der Waals surface area (Å²) < 4.78 is 4.66. The standard InChI is InChI=1S/C7H4O3/c8-5-1-2-6-4(5)3-7(9)10-6/h2-3H,1H2. The third-order valence-electron chi connectivity index (χ3n) is 1.51. The van der Waals surface area contributed by atoms with Crippen LogP contribution in [-0.2, 0) is 14.3 Å². The maximum atomic E-state index is 10.8. The van der Waals surface area contributed by atoms with Crippen molar-refractivity contribution in [3.8, 4) is 0 Å². The molecule has 0 N–H and O–H groups in total. The highest BCUT2D eigenvalue weighted by Gasteiger charge is 2.29. The van der Waals surface area contributed by atoms with Gasteiger partial charge in [0.15, 0.2) is 5.78 Å². The van der Waals surface area contributed by atoms with Crippen LogP contribution in [0.1, 0.15) is 6.42 Å². The maximum absolute atomic E-state index is 10.8. The summed E-state index contributed by atoms with van der Waals surface area (Å²) in [5.41, 5.74) is 0.435. The number of allylic oxidation sites excluding steroid dienone is 2. The van der Waals surface area contributed by atoms with Gasteiger partial charge < -0.3 is 4.74 Å². The van der Waals surface area contributed by atoms with E-state index in [-0.39, 0.29) is 5.78 Å². The zero-order valence-corrected chi connectivity index (χ0v) is 5.09. The summed E-state index contributed by atoms with van der Waals surface area (Å²) in [7, 11) is 0. The van der Waals surface area contributed by atoms with Crippen LogP contribution < -0.4 is 0 Å². The molecular weight excluding hydrogens is 132 g/mol. The van der Waals surface area contributed by atoms with Crippen LogP contribution >= 0.6 is 0 Å². The van der Waals surface area contributed by atoms with Gasteiger partial charge >= 0.3 is 5.97 Å². The number of fused-ring (bicyclic) bond motifs is 1. The van der Waals surface area contributed by atoms with Gasteiger partial charge in [-0.05, 0) is 6.08 Å². The molecule has 0 unspecified atom stereocenters. The van der Waals surface area contributed by atoms with E-state index in [4.69, 9.17) is 0 Å². The number of hydrogen-bond acceptors (Lipinski definition) is 3. The fourth-order valence-corrected chi connectivity index (χ4v) is 1.05. The molecule has 3 nitrogen and oxygen atoms in total. The fourth-order valence-electron chi connectivity index (χ4n) is 1.05. The zero-order valence-electron chi connectivity index (χ0n) is 5.09. The average Bonchev–Trinajstić information content (AvgIpc) is 2.35. The minimum Gasteiger partial charge on any atom is -0.423 e. The van der Waals surface area contributed by atoms with Crippen LogP contribution in [0.15, 0.2) is 23.5 Å². The van der Waals surface area contributed by atoms with E-state index in [0.717, 1.165) is 0 Å². The Labute approximate surface area is 57.0 Å². The van der Waals surface area contributed by atoms with Crippen molar-refractivity contribution in [2.24, 2.45) is 0 Å². The van der Waals surface area contributed by atoms with Crippen LogP contribution in [0.4, 0.5) is 0 Å². The topological polar surface area (TPSA) is 43.4 Å². The highest BCUT2D eigenvalue weighted by Crippen LogP contribution is 2.27. The third-order valence-corrected chi connectivity index (χ3v) is 1.51. The van der Waals surface area contributed by atoms with Crippen molar-refractivity contribution in [3.05, 3.63) is 23.5 Å². The first kappa shape index (κ1) is 5.41. The number of carbonyl (C=O) groups excluding carboxylic acids is 2. The number of esters is 1. The van der Waals surface area contributed by atoms with Gasteiger partial charge in [-0.3, -0.25) is 4.79 Å². The van der Waals surface area contributed by atoms with Crippen molar-refractivity contribution in [2.45, 2.75) is 6.42 Å². The Morgan fingerprint density at radius 3 is 2.90 bits per heavy atom. The van der Waals surface area contributed by atoms with Gasteiger partial charge in [0.1, 0.15) is 5.76 Å². The summed E-state index contributed by atoms with van der Waals surface area (Å²) in [5, 5.41) is 0. The van der Waals surface area contributed by atoms with E-state index in [1.165, 1.54) is 6.08 Å². The molecule has 0 aromatic rings. The Morgan fingerprint density at radius 2 is 2.20 bits per heavy atom. The first-order valence-electron chi connectivity index (χ1n) is 2.94. The molecule has 1 aliphatic heterocycles. The van der Waals surface area contributed by atoms with E-state index < -0.39 is 5.97 Å². The predicted octanol–water partition coefficient (Wildman–Crippen LogP) is 0.326. The molecule has 0 aromatic carbocycles. The van der Waals surface area contributed by atoms with E-state index >= 15 is 0 Å². The van der Waals surface area contributed by atoms with Gasteiger partial charge in [-0.1, -0.05) is 0 Å². The lowest BCUT2D eigenvalue weighted by atomic mass is 10.2. The molecule has 0 bridgehead atoms. The van der Waals surface area contributed by atoms with Gasteiger partial charge in [-0.2, -0.15) is 0 Å². The number of carbonyl (C=O) groups is 2. The molecule has 0 aromatic heterocycles. The lowest BCUT2D eigenvalue weighted by Crippen LogP contribution is -1.91. The Balaban J connectivity index is 2.48. The van der Waals surface area contributed by atoms with Gasteiger partial charge in [0.05, 0.1) is 5.57 Å². The summed E-state index contributed by atoms with van der Waals surface area (Å²) in [5.74, 6) is -0.0230. The molecule has 0 saturated heterocycles. The van der Waals surface area contributed by atoms with E-state index in [1.54, 1.807) is 6.08 Å². The lowest BCUT2D eigenvalue weighted by molar-refractivity contribution is -0.132. The molecule has 0 fully saturated rings. The zero-order chi connectivity index (χ0) is 7.14. The predicted molar refractivity (Wildman–Crippen MR) is 31.9 cm³/mol. The molecule has 1 heterocycles. The van der Waals surface area contributed by atoms with Gasteiger partial charge in [-0.25, -0.2) is 4.79 Å². The molecule has 10 heavy (non-hydrogen) atoms. The van der Waals surface area contributed by atoms with Crippen molar-refractivity contribution in [2.75, 3.05) is 0 Å². The normalized spacial score (nSPS) is 22.0. The van der Waals surface area contributed by atoms with Gasteiger partial charge in [0.2, 0.25) is 0 Å². The minimum atomic E-state index is -0.436. The number of Topliss-reactive ketones (excluding diaryl/α,β-unsaturated/α-hetero) is 1. The number of ketones is 1. The molecule has 0 amide bonds. The second-order valence-electron chi connectivity index (χ2n) is 2.17. The Bertz CT molecular complexity index is 283. The van der Waals surface area contributed by atoms with Crippen molar-refractivity contribution in [3.63, 3.8) is 0 Å². The van der Waals surface area contributed by atoms with Crippen LogP contribution in [0.2, 0.25) is 0 Å². The quantitative estimate of drug-likeness (QED) is 0.450. The molecule has 0 atom stereocenters. The molecule has 1 aliphatic carbocycles. The largest absolute Gasteiger partial charge is 0.423 e. The minimum absolute atomic E-state index is 0.0270. The number of rotatable bonds is 0. The van der Waals surface area contributed by atoms with Gasteiger partial charge in [-0.15, -0.1) is 0 Å². The molecule has 50 valence electrons. The van der Waals surface area contributed by atoms with Crippen LogP contribution in [0.25, 0.3) is 0 Å². The average molecular weight is 136 g/mol. The van der Waals surface area contributed by atoms with Gasteiger partial charge in [0.25, 0.3) is 0 Å². The fraction of sp³-hybridized carbons (Fsp3) is 0.143. The van der Waals surface area contributed by atoms with Gasteiger partial charge in [0, 0.05) is 12.5 Å². The van der Waals surface area contributed by atoms with Crippen LogP contribution in [0.5, 0.6) is 0 Å². The summed E-state index contributed by atoms with van der Waals surface area (Å²) in [6, 6.07) is 0. The van der Waals surface area contributed by atoms with Crippen LogP contribution in [0, 0.1) is 0 Å². The second kappa shape index (κ2) is 1.56.